The number of hydrogen-bond donors (Lipinski definition) is 1. The molecule has 28 heavy (non-hydrogen) atoms. The lowest BCUT2D eigenvalue weighted by Crippen LogP contribution is -2.19. The molecule has 1 N–H and O–H groups in total. The van der Waals surface area contributed by atoms with Crippen molar-refractivity contribution in [3.8, 4) is 17.2 Å². The van der Waals surface area contributed by atoms with Crippen molar-refractivity contribution in [1.29, 1.82) is 0 Å². The maximum absolute atomic E-state index is 12.3. The van der Waals surface area contributed by atoms with E-state index in [-0.39, 0.29) is 5.91 Å². The molecular formula is C20H19IN2O4S. The molecule has 0 bridgehead atoms. The molecule has 1 heterocycles. The van der Waals surface area contributed by atoms with Crippen LogP contribution < -0.4 is 19.5 Å². The second-order valence-corrected chi connectivity index (χ2v) is 7.84. The molecule has 1 saturated heterocycles. The van der Waals surface area contributed by atoms with Gasteiger partial charge in [-0.25, -0.2) is 4.99 Å². The van der Waals surface area contributed by atoms with Crippen molar-refractivity contribution in [3.63, 3.8) is 0 Å². The Hall–Kier alpha value is -2.20. The van der Waals surface area contributed by atoms with E-state index in [9.17, 15) is 4.79 Å². The molecular weight excluding hydrogens is 491 g/mol. The van der Waals surface area contributed by atoms with Gasteiger partial charge in [-0.15, -0.1) is 0 Å². The van der Waals surface area contributed by atoms with Crippen LogP contribution in [0.25, 0.3) is 6.08 Å². The Morgan fingerprint density at radius 1 is 1.18 bits per heavy atom. The van der Waals surface area contributed by atoms with Crippen LogP contribution in [0.2, 0.25) is 0 Å². The average molecular weight is 510 g/mol. The molecule has 1 fully saturated rings. The van der Waals surface area contributed by atoms with Crippen molar-refractivity contribution in [2.45, 2.75) is 6.92 Å². The number of methoxy groups -OCH3 is 2. The molecule has 1 amide bonds. The molecule has 2 aromatic rings. The van der Waals surface area contributed by atoms with Gasteiger partial charge in [-0.1, -0.05) is 0 Å². The van der Waals surface area contributed by atoms with Crippen LogP contribution in [0.5, 0.6) is 17.2 Å². The molecule has 0 radical (unpaired) electrons. The molecule has 6 nitrogen and oxygen atoms in total. The Balaban J connectivity index is 1.85. The van der Waals surface area contributed by atoms with Gasteiger partial charge in [0, 0.05) is 0 Å². The molecule has 0 spiro atoms. The fourth-order valence-corrected chi connectivity index (χ4v) is 4.23. The van der Waals surface area contributed by atoms with E-state index < -0.39 is 0 Å². The molecule has 3 rings (SSSR count). The summed E-state index contributed by atoms with van der Waals surface area (Å²) < 4.78 is 17.1. The molecule has 1 aliphatic heterocycles. The monoisotopic (exact) mass is 510 g/mol. The predicted octanol–water partition coefficient (Wildman–Crippen LogP) is 4.60. The van der Waals surface area contributed by atoms with Crippen LogP contribution in [-0.2, 0) is 4.79 Å². The minimum atomic E-state index is -0.180. The van der Waals surface area contributed by atoms with E-state index in [1.165, 1.54) is 11.8 Å². The van der Waals surface area contributed by atoms with Gasteiger partial charge in [0.2, 0.25) is 0 Å². The van der Waals surface area contributed by atoms with Gasteiger partial charge in [0.05, 0.1) is 35.0 Å². The number of hydrogen-bond acceptors (Lipinski definition) is 6. The molecule has 0 saturated carbocycles. The van der Waals surface area contributed by atoms with Crippen LogP contribution in [-0.4, -0.2) is 31.9 Å². The topological polar surface area (TPSA) is 69.2 Å². The molecule has 1 aliphatic rings. The lowest BCUT2D eigenvalue weighted by atomic mass is 10.2. The highest BCUT2D eigenvalue weighted by Gasteiger charge is 2.24. The number of benzene rings is 2. The van der Waals surface area contributed by atoms with Crippen molar-refractivity contribution in [1.82, 2.24) is 5.32 Å². The zero-order valence-electron chi connectivity index (χ0n) is 15.6. The van der Waals surface area contributed by atoms with Crippen LogP contribution in [0.1, 0.15) is 12.5 Å². The summed E-state index contributed by atoms with van der Waals surface area (Å²) in [5.74, 6) is 1.92. The predicted molar refractivity (Wildman–Crippen MR) is 121 cm³/mol. The number of amidine groups is 1. The van der Waals surface area contributed by atoms with E-state index >= 15 is 0 Å². The van der Waals surface area contributed by atoms with Crippen LogP contribution >= 0.6 is 34.4 Å². The average Bonchev–Trinajstić information content (AvgIpc) is 3.01. The number of halogens is 1. The first-order valence-corrected chi connectivity index (χ1v) is 10.4. The van der Waals surface area contributed by atoms with E-state index in [0.717, 1.165) is 20.6 Å². The van der Waals surface area contributed by atoms with Crippen LogP contribution in [0.4, 0.5) is 5.69 Å². The van der Waals surface area contributed by atoms with E-state index in [1.807, 2.05) is 49.4 Å². The van der Waals surface area contributed by atoms with Crippen molar-refractivity contribution in [3.05, 3.63) is 50.4 Å². The Morgan fingerprint density at radius 2 is 1.93 bits per heavy atom. The molecule has 0 aliphatic carbocycles. The Morgan fingerprint density at radius 3 is 2.57 bits per heavy atom. The number of carbonyl (C=O) groups is 1. The van der Waals surface area contributed by atoms with Crippen molar-refractivity contribution < 1.29 is 19.0 Å². The number of rotatable bonds is 6. The lowest BCUT2D eigenvalue weighted by Gasteiger charge is -2.12. The number of nitrogens with one attached hydrogen (secondary N) is 1. The van der Waals surface area contributed by atoms with Gasteiger partial charge in [0.15, 0.2) is 16.7 Å². The maximum atomic E-state index is 12.3. The fraction of sp³-hybridized carbons (Fsp3) is 0.200. The number of nitrogens with zero attached hydrogens (tertiary/aromatic N) is 1. The Kier molecular flexibility index (Phi) is 6.84. The van der Waals surface area contributed by atoms with E-state index in [2.05, 4.69) is 32.9 Å². The number of amides is 1. The van der Waals surface area contributed by atoms with Gasteiger partial charge >= 0.3 is 0 Å². The first kappa shape index (κ1) is 20.5. The fourth-order valence-electron chi connectivity index (χ4n) is 2.54. The third kappa shape index (κ3) is 4.79. The van der Waals surface area contributed by atoms with E-state index in [4.69, 9.17) is 14.2 Å². The number of aliphatic imine (C=N–C) groups is 1. The summed E-state index contributed by atoms with van der Waals surface area (Å²) in [7, 11) is 3.22. The lowest BCUT2D eigenvalue weighted by molar-refractivity contribution is -0.115. The summed E-state index contributed by atoms with van der Waals surface area (Å²) in [4.78, 5) is 17.4. The molecule has 2 aromatic carbocycles. The summed E-state index contributed by atoms with van der Waals surface area (Å²) in [5.41, 5.74) is 1.60. The number of carbonyl (C=O) groups excluding carboxylic acids is 1. The van der Waals surface area contributed by atoms with Gasteiger partial charge in [0.25, 0.3) is 5.91 Å². The quantitative estimate of drug-likeness (QED) is 0.455. The summed E-state index contributed by atoms with van der Waals surface area (Å²) in [6, 6.07) is 11.1. The molecule has 8 heteroatoms. The molecule has 0 atom stereocenters. The summed E-state index contributed by atoms with van der Waals surface area (Å²) in [5, 5.41) is 3.33. The van der Waals surface area contributed by atoms with Gasteiger partial charge in [-0.05, 0) is 89.3 Å². The van der Waals surface area contributed by atoms with Crippen LogP contribution in [0.3, 0.4) is 0 Å². The van der Waals surface area contributed by atoms with Crippen LogP contribution in [0, 0.1) is 3.57 Å². The second-order valence-electron chi connectivity index (χ2n) is 5.65. The van der Waals surface area contributed by atoms with Gasteiger partial charge in [-0.2, -0.15) is 0 Å². The third-order valence-electron chi connectivity index (χ3n) is 3.79. The van der Waals surface area contributed by atoms with Crippen LogP contribution in [0.15, 0.2) is 46.3 Å². The number of ether oxygens (including phenoxy) is 3. The van der Waals surface area contributed by atoms with E-state index in [0.29, 0.717) is 28.2 Å². The highest BCUT2D eigenvalue weighted by molar-refractivity contribution is 14.1. The van der Waals surface area contributed by atoms with Crippen molar-refractivity contribution in [2.24, 2.45) is 4.99 Å². The molecule has 146 valence electrons. The Bertz CT molecular complexity index is 942. The second kappa shape index (κ2) is 9.33. The normalized spacial score (nSPS) is 16.4. The SMILES string of the molecule is CCOc1cc(/C=C2\SC(=Nc3ccc(OC)cc3)NC2=O)cc(I)c1OC. The highest BCUT2D eigenvalue weighted by atomic mass is 127. The Labute approximate surface area is 181 Å². The van der Waals surface area contributed by atoms with Crippen molar-refractivity contribution in [2.75, 3.05) is 20.8 Å². The van der Waals surface area contributed by atoms with Gasteiger partial charge in [-0.3, -0.25) is 4.79 Å². The zero-order chi connectivity index (χ0) is 20.1. The summed E-state index contributed by atoms with van der Waals surface area (Å²) >= 11 is 3.49. The molecule has 0 unspecified atom stereocenters. The number of thioether (sulfide) groups is 1. The van der Waals surface area contributed by atoms with E-state index in [1.54, 1.807) is 14.2 Å². The zero-order valence-corrected chi connectivity index (χ0v) is 18.6. The summed E-state index contributed by atoms with van der Waals surface area (Å²) in [6.07, 6.45) is 1.82. The minimum absolute atomic E-state index is 0.180. The first-order chi connectivity index (χ1) is 13.5. The third-order valence-corrected chi connectivity index (χ3v) is 5.50. The standard InChI is InChI=1S/C20H19IN2O4S/c1-4-27-16-10-12(9-15(21)18(16)26-3)11-17-19(24)23-20(28-17)22-13-5-7-14(25-2)8-6-13/h5-11H,4H2,1-3H3,(H,22,23,24)/b17-11-. The smallest absolute Gasteiger partial charge is 0.264 e. The highest BCUT2D eigenvalue weighted by Crippen LogP contribution is 2.36. The van der Waals surface area contributed by atoms with Gasteiger partial charge < -0.3 is 19.5 Å². The largest absolute Gasteiger partial charge is 0.497 e. The van der Waals surface area contributed by atoms with Gasteiger partial charge in [0.1, 0.15) is 5.75 Å². The van der Waals surface area contributed by atoms with Crippen molar-refractivity contribution >= 4 is 57.2 Å². The first-order valence-electron chi connectivity index (χ1n) is 8.48. The minimum Gasteiger partial charge on any atom is -0.497 e. The maximum Gasteiger partial charge on any atom is 0.264 e. The molecule has 0 aromatic heterocycles. The summed E-state index contributed by atoms with van der Waals surface area (Å²) in [6.45, 7) is 2.44.